The SMILES string of the molecule is O=Cc1cccc([C@H]2C[C@H](OCc3ccccc3)[C@@H](COCc3ccccc3)O2)c1. The zero-order valence-corrected chi connectivity index (χ0v) is 16.9. The monoisotopic (exact) mass is 402 g/mol. The van der Waals surface area contributed by atoms with E-state index in [2.05, 4.69) is 12.1 Å². The van der Waals surface area contributed by atoms with E-state index < -0.39 is 0 Å². The number of carbonyl (C=O) groups excluding carboxylic acids is 1. The van der Waals surface area contributed by atoms with Crippen molar-refractivity contribution in [1.82, 2.24) is 0 Å². The van der Waals surface area contributed by atoms with E-state index in [1.54, 1.807) is 6.07 Å². The molecule has 0 aliphatic carbocycles. The van der Waals surface area contributed by atoms with Crippen molar-refractivity contribution in [3.8, 4) is 0 Å². The lowest BCUT2D eigenvalue weighted by atomic mass is 10.0. The van der Waals surface area contributed by atoms with Gasteiger partial charge in [0.15, 0.2) is 0 Å². The molecule has 0 amide bonds. The minimum absolute atomic E-state index is 0.0779. The maximum atomic E-state index is 11.2. The molecule has 4 heteroatoms. The highest BCUT2D eigenvalue weighted by atomic mass is 16.6. The van der Waals surface area contributed by atoms with Gasteiger partial charge in [-0.25, -0.2) is 0 Å². The first-order valence-corrected chi connectivity index (χ1v) is 10.3. The van der Waals surface area contributed by atoms with Gasteiger partial charge in [0, 0.05) is 12.0 Å². The third-order valence-electron chi connectivity index (χ3n) is 5.32. The smallest absolute Gasteiger partial charge is 0.150 e. The van der Waals surface area contributed by atoms with Crippen molar-refractivity contribution in [2.45, 2.75) is 37.9 Å². The molecule has 4 nitrogen and oxygen atoms in total. The van der Waals surface area contributed by atoms with Gasteiger partial charge >= 0.3 is 0 Å². The first-order chi connectivity index (χ1) is 14.8. The molecule has 1 aliphatic rings. The van der Waals surface area contributed by atoms with Crippen LogP contribution < -0.4 is 0 Å². The van der Waals surface area contributed by atoms with E-state index in [1.165, 1.54) is 0 Å². The molecule has 3 aromatic carbocycles. The molecule has 1 heterocycles. The van der Waals surface area contributed by atoms with Gasteiger partial charge in [-0.2, -0.15) is 0 Å². The minimum atomic E-state index is -0.165. The average molecular weight is 402 g/mol. The fraction of sp³-hybridized carbons (Fsp3) is 0.269. The molecule has 0 aromatic heterocycles. The Bertz CT molecular complexity index is 926. The number of rotatable bonds is 9. The Labute approximate surface area is 177 Å². The Morgan fingerprint density at radius 2 is 1.57 bits per heavy atom. The first kappa shape index (κ1) is 20.5. The highest BCUT2D eigenvalue weighted by Gasteiger charge is 2.37. The zero-order chi connectivity index (χ0) is 20.6. The third kappa shape index (κ3) is 5.42. The largest absolute Gasteiger partial charge is 0.374 e. The maximum absolute atomic E-state index is 11.2. The fourth-order valence-electron chi connectivity index (χ4n) is 3.73. The van der Waals surface area contributed by atoms with Gasteiger partial charge in [0.05, 0.1) is 32.0 Å². The predicted octanol–water partition coefficient (Wildman–Crippen LogP) is 5.13. The highest BCUT2D eigenvalue weighted by molar-refractivity contribution is 5.75. The minimum Gasteiger partial charge on any atom is -0.374 e. The molecule has 0 spiro atoms. The molecule has 4 rings (SSSR count). The standard InChI is InChI=1S/C26H26O4/c27-16-22-12-7-13-23(14-22)24-15-25(29-18-21-10-5-2-6-11-21)26(30-24)19-28-17-20-8-3-1-4-9-20/h1-14,16,24-26H,15,17-19H2/t24-,25+,26-/m1/s1. The first-order valence-electron chi connectivity index (χ1n) is 10.3. The van der Waals surface area contributed by atoms with Crippen molar-refractivity contribution < 1.29 is 19.0 Å². The van der Waals surface area contributed by atoms with Crippen LogP contribution >= 0.6 is 0 Å². The average Bonchev–Trinajstić information content (AvgIpc) is 3.22. The fourth-order valence-corrected chi connectivity index (χ4v) is 3.73. The summed E-state index contributed by atoms with van der Waals surface area (Å²) < 4.78 is 18.5. The van der Waals surface area contributed by atoms with Crippen LogP contribution in [0.1, 0.15) is 39.6 Å². The van der Waals surface area contributed by atoms with Crippen molar-refractivity contribution in [2.24, 2.45) is 0 Å². The van der Waals surface area contributed by atoms with Gasteiger partial charge in [0.1, 0.15) is 12.4 Å². The highest BCUT2D eigenvalue weighted by Crippen LogP contribution is 2.35. The van der Waals surface area contributed by atoms with Crippen LogP contribution in [0, 0.1) is 0 Å². The van der Waals surface area contributed by atoms with Crippen LogP contribution in [0.5, 0.6) is 0 Å². The van der Waals surface area contributed by atoms with Gasteiger partial charge in [0.2, 0.25) is 0 Å². The second-order valence-electron chi connectivity index (χ2n) is 7.52. The van der Waals surface area contributed by atoms with Gasteiger partial charge in [0.25, 0.3) is 0 Å². The molecule has 1 fully saturated rings. The molecule has 0 radical (unpaired) electrons. The van der Waals surface area contributed by atoms with E-state index >= 15 is 0 Å². The normalized spacial score (nSPS) is 20.9. The summed E-state index contributed by atoms with van der Waals surface area (Å²) in [6.45, 7) is 1.53. The molecule has 0 bridgehead atoms. The molecule has 3 aromatic rings. The Morgan fingerprint density at radius 3 is 2.27 bits per heavy atom. The van der Waals surface area contributed by atoms with E-state index in [4.69, 9.17) is 14.2 Å². The summed E-state index contributed by atoms with van der Waals surface area (Å²) in [5, 5.41) is 0. The topological polar surface area (TPSA) is 44.8 Å². The molecular formula is C26H26O4. The number of hydrogen-bond donors (Lipinski definition) is 0. The zero-order valence-electron chi connectivity index (χ0n) is 16.9. The molecular weight excluding hydrogens is 376 g/mol. The number of hydrogen-bond acceptors (Lipinski definition) is 4. The van der Waals surface area contributed by atoms with Gasteiger partial charge < -0.3 is 14.2 Å². The number of aldehydes is 1. The van der Waals surface area contributed by atoms with Gasteiger partial charge in [-0.05, 0) is 22.8 Å². The second kappa shape index (κ2) is 10.3. The van der Waals surface area contributed by atoms with Crippen molar-refractivity contribution in [1.29, 1.82) is 0 Å². The van der Waals surface area contributed by atoms with Gasteiger partial charge in [-0.1, -0.05) is 78.9 Å². The lowest BCUT2D eigenvalue weighted by Crippen LogP contribution is -2.29. The van der Waals surface area contributed by atoms with Crippen molar-refractivity contribution in [2.75, 3.05) is 6.61 Å². The summed E-state index contributed by atoms with van der Waals surface area (Å²) in [5.41, 5.74) is 3.92. The third-order valence-corrected chi connectivity index (χ3v) is 5.32. The Hall–Kier alpha value is -2.79. The quantitative estimate of drug-likeness (QED) is 0.466. The summed E-state index contributed by atoms with van der Waals surface area (Å²) in [6, 6.07) is 27.8. The van der Waals surface area contributed by atoms with Crippen molar-refractivity contribution >= 4 is 6.29 Å². The molecule has 0 N–H and O–H groups in total. The van der Waals surface area contributed by atoms with E-state index in [1.807, 2.05) is 66.7 Å². The molecule has 30 heavy (non-hydrogen) atoms. The number of carbonyl (C=O) groups is 1. The summed E-state index contributed by atoms with van der Waals surface area (Å²) in [5.74, 6) is 0. The van der Waals surface area contributed by atoms with Crippen molar-refractivity contribution in [3.63, 3.8) is 0 Å². The predicted molar refractivity (Wildman–Crippen MR) is 115 cm³/mol. The van der Waals surface area contributed by atoms with Gasteiger partial charge in [-0.15, -0.1) is 0 Å². The molecule has 0 unspecified atom stereocenters. The van der Waals surface area contributed by atoms with Crippen LogP contribution in [0.4, 0.5) is 0 Å². The Kier molecular flexibility index (Phi) is 7.03. The second-order valence-corrected chi connectivity index (χ2v) is 7.52. The summed E-state index contributed by atoms with van der Waals surface area (Å²) >= 11 is 0. The van der Waals surface area contributed by atoms with E-state index in [-0.39, 0.29) is 18.3 Å². The molecule has 3 atom stereocenters. The lowest BCUT2D eigenvalue weighted by molar-refractivity contribution is -0.0715. The van der Waals surface area contributed by atoms with Crippen LogP contribution in [0.2, 0.25) is 0 Å². The van der Waals surface area contributed by atoms with E-state index in [0.717, 1.165) is 29.4 Å². The van der Waals surface area contributed by atoms with Crippen LogP contribution in [0.25, 0.3) is 0 Å². The maximum Gasteiger partial charge on any atom is 0.150 e. The molecule has 154 valence electrons. The Morgan fingerprint density at radius 1 is 0.867 bits per heavy atom. The summed E-state index contributed by atoms with van der Waals surface area (Å²) in [4.78, 5) is 11.2. The summed E-state index contributed by atoms with van der Waals surface area (Å²) in [7, 11) is 0. The molecule has 1 aliphatic heterocycles. The number of ether oxygens (including phenoxy) is 3. The molecule has 0 saturated carbocycles. The molecule has 1 saturated heterocycles. The van der Waals surface area contributed by atoms with Crippen LogP contribution in [0.3, 0.4) is 0 Å². The van der Waals surface area contributed by atoms with Crippen LogP contribution in [-0.4, -0.2) is 25.1 Å². The van der Waals surface area contributed by atoms with Crippen LogP contribution in [0.15, 0.2) is 84.9 Å². The lowest BCUT2D eigenvalue weighted by Gasteiger charge is -2.19. The summed E-state index contributed by atoms with van der Waals surface area (Å²) in [6.07, 6.45) is 1.24. The van der Waals surface area contributed by atoms with Gasteiger partial charge in [-0.3, -0.25) is 4.79 Å². The van der Waals surface area contributed by atoms with E-state index in [0.29, 0.717) is 25.4 Å². The van der Waals surface area contributed by atoms with E-state index in [9.17, 15) is 4.79 Å². The Balaban J connectivity index is 1.41. The number of benzene rings is 3. The van der Waals surface area contributed by atoms with Crippen LogP contribution in [-0.2, 0) is 27.4 Å². The van der Waals surface area contributed by atoms with Crippen molar-refractivity contribution in [3.05, 3.63) is 107 Å².